The molecule has 0 aliphatic heterocycles. The van der Waals surface area contributed by atoms with Gasteiger partial charge in [0.25, 0.3) is 17.7 Å². The van der Waals surface area contributed by atoms with Crippen molar-refractivity contribution in [2.45, 2.75) is 6.92 Å². The first-order valence-electron chi connectivity index (χ1n) is 8.67. The molecule has 0 saturated carbocycles. The molecule has 142 valence electrons. The Hall–Kier alpha value is -3.19. The maximum absolute atomic E-state index is 12.2. The predicted molar refractivity (Wildman–Crippen MR) is 105 cm³/mol. The van der Waals surface area contributed by atoms with Crippen LogP contribution in [-0.2, 0) is 9.59 Å². The summed E-state index contributed by atoms with van der Waals surface area (Å²) in [6, 6.07) is 14.2. The number of hydrogen-bond donors (Lipinski definition) is 4. The number of amides is 3. The molecule has 0 heterocycles. The molecule has 0 fully saturated rings. The molecule has 0 spiro atoms. The molecule has 7 nitrogen and oxygen atoms in total. The number of carbonyl (C=O) groups is 3. The molecule has 2 aromatic rings. The zero-order chi connectivity index (χ0) is 19.8. The SMILES string of the molecule is CNC(=O)c1cccc(NC(=O)C[NH+](C)CC(=O)Nc2ccc(C)cc2)c1. The summed E-state index contributed by atoms with van der Waals surface area (Å²) in [6.45, 7) is 2.28. The van der Waals surface area contributed by atoms with Gasteiger partial charge in [0.1, 0.15) is 0 Å². The molecule has 0 radical (unpaired) electrons. The first kappa shape index (κ1) is 20.1. The zero-order valence-corrected chi connectivity index (χ0v) is 15.8. The van der Waals surface area contributed by atoms with Crippen molar-refractivity contribution in [3.63, 3.8) is 0 Å². The van der Waals surface area contributed by atoms with E-state index < -0.39 is 0 Å². The highest BCUT2D eigenvalue weighted by Gasteiger charge is 2.15. The number of likely N-dealkylation sites (N-methyl/N-ethyl adjacent to an activating group) is 1. The molecule has 0 aliphatic rings. The van der Waals surface area contributed by atoms with Crippen LogP contribution in [-0.4, -0.2) is 44.9 Å². The molecule has 7 heteroatoms. The van der Waals surface area contributed by atoms with E-state index in [-0.39, 0.29) is 30.8 Å². The molecule has 0 aromatic heterocycles. The second-order valence-electron chi connectivity index (χ2n) is 6.43. The van der Waals surface area contributed by atoms with Gasteiger partial charge in [0.05, 0.1) is 7.05 Å². The van der Waals surface area contributed by atoms with Crippen LogP contribution in [0.2, 0.25) is 0 Å². The minimum Gasteiger partial charge on any atom is -0.355 e. The summed E-state index contributed by atoms with van der Waals surface area (Å²) in [7, 11) is 3.32. The first-order valence-corrected chi connectivity index (χ1v) is 8.67. The Kier molecular flexibility index (Phi) is 7.08. The Balaban J connectivity index is 1.83. The number of hydrogen-bond acceptors (Lipinski definition) is 3. The maximum Gasteiger partial charge on any atom is 0.279 e. The lowest BCUT2D eigenvalue weighted by molar-refractivity contribution is -0.862. The standard InChI is InChI=1S/C20H24N4O3/c1-14-7-9-16(10-8-14)22-18(25)12-24(3)13-19(26)23-17-6-4-5-15(11-17)20(27)21-2/h4-11H,12-13H2,1-3H3,(H,21,27)(H,22,25)(H,23,26)/p+1. The molecule has 1 unspecified atom stereocenters. The minimum absolute atomic E-state index is 0.130. The van der Waals surface area contributed by atoms with Gasteiger partial charge in [0.15, 0.2) is 13.1 Å². The van der Waals surface area contributed by atoms with E-state index in [9.17, 15) is 14.4 Å². The highest BCUT2D eigenvalue weighted by Crippen LogP contribution is 2.10. The van der Waals surface area contributed by atoms with Crippen LogP contribution in [0.25, 0.3) is 0 Å². The van der Waals surface area contributed by atoms with E-state index in [0.717, 1.165) is 16.2 Å². The molecule has 0 aliphatic carbocycles. The van der Waals surface area contributed by atoms with Gasteiger partial charge in [0.2, 0.25) is 0 Å². The topological polar surface area (TPSA) is 91.7 Å². The average molecular weight is 369 g/mol. The number of rotatable bonds is 7. The Morgan fingerprint density at radius 1 is 0.889 bits per heavy atom. The van der Waals surface area contributed by atoms with Crippen LogP contribution in [0, 0.1) is 6.92 Å². The van der Waals surface area contributed by atoms with Crippen LogP contribution in [0.3, 0.4) is 0 Å². The predicted octanol–water partition coefficient (Wildman–Crippen LogP) is 0.447. The quantitative estimate of drug-likeness (QED) is 0.571. The van der Waals surface area contributed by atoms with Gasteiger partial charge < -0.3 is 20.9 Å². The molecule has 0 saturated heterocycles. The van der Waals surface area contributed by atoms with Crippen molar-refractivity contribution in [1.82, 2.24) is 5.32 Å². The van der Waals surface area contributed by atoms with Crippen molar-refractivity contribution in [2.75, 3.05) is 37.8 Å². The summed E-state index contributed by atoms with van der Waals surface area (Å²) < 4.78 is 0. The summed E-state index contributed by atoms with van der Waals surface area (Å²) in [5.41, 5.74) is 2.85. The van der Waals surface area contributed by atoms with Gasteiger partial charge in [0, 0.05) is 24.0 Å². The third-order valence-electron chi connectivity index (χ3n) is 3.90. The maximum atomic E-state index is 12.2. The van der Waals surface area contributed by atoms with Gasteiger partial charge >= 0.3 is 0 Å². The van der Waals surface area contributed by atoms with E-state index in [1.54, 1.807) is 38.4 Å². The summed E-state index contributed by atoms with van der Waals surface area (Å²) in [5.74, 6) is -0.614. The highest BCUT2D eigenvalue weighted by molar-refractivity contribution is 5.97. The van der Waals surface area contributed by atoms with E-state index in [1.807, 2.05) is 31.2 Å². The highest BCUT2D eigenvalue weighted by atomic mass is 16.2. The number of aryl methyl sites for hydroxylation is 1. The van der Waals surface area contributed by atoms with Crippen LogP contribution < -0.4 is 20.9 Å². The van der Waals surface area contributed by atoms with E-state index in [2.05, 4.69) is 16.0 Å². The Morgan fingerprint density at radius 2 is 1.48 bits per heavy atom. The van der Waals surface area contributed by atoms with E-state index in [0.29, 0.717) is 11.3 Å². The summed E-state index contributed by atoms with van der Waals surface area (Å²) in [6.07, 6.45) is 0. The molecule has 27 heavy (non-hydrogen) atoms. The third kappa shape index (κ3) is 6.56. The van der Waals surface area contributed by atoms with Gasteiger partial charge in [-0.25, -0.2) is 0 Å². The number of carbonyl (C=O) groups excluding carboxylic acids is 3. The zero-order valence-electron chi connectivity index (χ0n) is 15.8. The lowest BCUT2D eigenvalue weighted by atomic mass is 10.2. The van der Waals surface area contributed by atoms with Gasteiger partial charge in [-0.2, -0.15) is 0 Å². The molecular weight excluding hydrogens is 344 g/mol. The van der Waals surface area contributed by atoms with Crippen molar-refractivity contribution in [3.05, 3.63) is 59.7 Å². The van der Waals surface area contributed by atoms with Crippen molar-refractivity contribution in [1.29, 1.82) is 0 Å². The third-order valence-corrected chi connectivity index (χ3v) is 3.90. The van der Waals surface area contributed by atoms with E-state index in [1.165, 1.54) is 0 Å². The summed E-state index contributed by atoms with van der Waals surface area (Å²) >= 11 is 0. The normalized spacial score (nSPS) is 11.4. The van der Waals surface area contributed by atoms with Crippen molar-refractivity contribution >= 4 is 29.1 Å². The molecule has 4 N–H and O–H groups in total. The lowest BCUT2D eigenvalue weighted by Gasteiger charge is -2.14. The second-order valence-corrected chi connectivity index (χ2v) is 6.43. The Morgan fingerprint density at radius 3 is 2.07 bits per heavy atom. The fourth-order valence-corrected chi connectivity index (χ4v) is 2.54. The average Bonchev–Trinajstić information content (AvgIpc) is 2.62. The van der Waals surface area contributed by atoms with Crippen LogP contribution in [0.4, 0.5) is 11.4 Å². The molecule has 2 rings (SSSR count). The van der Waals surface area contributed by atoms with Crippen molar-refractivity contribution < 1.29 is 19.3 Å². The molecule has 1 atom stereocenters. The fourth-order valence-electron chi connectivity index (χ4n) is 2.54. The van der Waals surface area contributed by atoms with Gasteiger partial charge in [-0.1, -0.05) is 23.8 Å². The van der Waals surface area contributed by atoms with Gasteiger partial charge in [-0.05, 0) is 37.3 Å². The minimum atomic E-state index is -0.232. The number of benzene rings is 2. The molecular formula is C20H25N4O3+. The largest absolute Gasteiger partial charge is 0.355 e. The van der Waals surface area contributed by atoms with Crippen LogP contribution in [0.1, 0.15) is 15.9 Å². The van der Waals surface area contributed by atoms with Crippen molar-refractivity contribution in [2.24, 2.45) is 0 Å². The Bertz CT molecular complexity index is 818. The molecule has 0 bridgehead atoms. The number of anilines is 2. The van der Waals surface area contributed by atoms with Gasteiger partial charge in [-0.3, -0.25) is 14.4 Å². The van der Waals surface area contributed by atoms with E-state index in [4.69, 9.17) is 0 Å². The summed E-state index contributed by atoms with van der Waals surface area (Å²) in [5, 5.41) is 8.10. The second kappa shape index (κ2) is 9.49. The fraction of sp³-hybridized carbons (Fsp3) is 0.250. The lowest BCUT2D eigenvalue weighted by Crippen LogP contribution is -3.11. The van der Waals surface area contributed by atoms with E-state index >= 15 is 0 Å². The molecule has 2 aromatic carbocycles. The van der Waals surface area contributed by atoms with Crippen LogP contribution in [0.5, 0.6) is 0 Å². The van der Waals surface area contributed by atoms with Crippen molar-refractivity contribution in [3.8, 4) is 0 Å². The monoisotopic (exact) mass is 369 g/mol. The van der Waals surface area contributed by atoms with Gasteiger partial charge in [-0.15, -0.1) is 0 Å². The number of nitrogens with one attached hydrogen (secondary N) is 4. The first-order chi connectivity index (χ1) is 12.9. The smallest absolute Gasteiger partial charge is 0.279 e. The number of quaternary nitrogens is 1. The van der Waals surface area contributed by atoms with Crippen LogP contribution >= 0.6 is 0 Å². The van der Waals surface area contributed by atoms with Crippen LogP contribution in [0.15, 0.2) is 48.5 Å². The molecule has 3 amide bonds. The Labute approximate surface area is 158 Å². The summed E-state index contributed by atoms with van der Waals surface area (Å²) in [4.78, 5) is 36.7.